The van der Waals surface area contributed by atoms with Crippen molar-refractivity contribution in [2.24, 2.45) is 5.92 Å². The van der Waals surface area contributed by atoms with Crippen molar-refractivity contribution in [3.05, 3.63) is 65.7 Å². The molecule has 2 heterocycles. The van der Waals surface area contributed by atoms with Gasteiger partial charge in [0.1, 0.15) is 5.78 Å². The van der Waals surface area contributed by atoms with E-state index in [2.05, 4.69) is 17.4 Å². The van der Waals surface area contributed by atoms with Gasteiger partial charge in [0, 0.05) is 25.1 Å². The Morgan fingerprint density at radius 1 is 1.03 bits per heavy atom. The van der Waals surface area contributed by atoms with Gasteiger partial charge in [-0.15, -0.1) is 0 Å². The summed E-state index contributed by atoms with van der Waals surface area (Å²) in [5.74, 6) is -0.0212. The first-order chi connectivity index (χ1) is 14.1. The summed E-state index contributed by atoms with van der Waals surface area (Å²) in [6.07, 6.45) is 2.84. The maximum Gasteiger partial charge on any atom is 0.237 e. The summed E-state index contributed by atoms with van der Waals surface area (Å²) in [7, 11) is 0. The number of amides is 2. The zero-order valence-electron chi connectivity index (χ0n) is 16.3. The van der Waals surface area contributed by atoms with Crippen molar-refractivity contribution in [3.63, 3.8) is 0 Å². The second-order valence-electron chi connectivity index (χ2n) is 8.44. The molecule has 2 fully saturated rings. The lowest BCUT2D eigenvalue weighted by atomic mass is 9.73. The predicted molar refractivity (Wildman–Crippen MR) is 109 cm³/mol. The van der Waals surface area contributed by atoms with E-state index in [4.69, 9.17) is 0 Å². The standard InChI is InChI=1S/C24H24N2O3/c27-18-14-17(15-18)22(28)26-13-12-24(19-8-4-5-9-20(19)25-23(24)29)21(26)11-10-16-6-2-1-3-7-16/h1-9,17,21H,10-15H2,(H,25,29)/t21-,24-/m0/s1. The van der Waals surface area contributed by atoms with Gasteiger partial charge in [0.05, 0.1) is 17.4 Å². The first-order valence-corrected chi connectivity index (χ1v) is 10.4. The SMILES string of the molecule is O=C1CC(C(=O)N2CC[C@@]3(C(=O)Nc4ccccc43)[C@@H]2CCc2ccccc2)C1. The lowest BCUT2D eigenvalue weighted by molar-refractivity contribution is -0.146. The number of nitrogens with zero attached hydrogens (tertiary/aromatic N) is 1. The molecule has 5 heteroatoms. The average molecular weight is 388 g/mol. The lowest BCUT2D eigenvalue weighted by Crippen LogP contribution is -2.51. The van der Waals surface area contributed by atoms with Crippen molar-refractivity contribution < 1.29 is 14.4 Å². The van der Waals surface area contributed by atoms with E-state index in [-0.39, 0.29) is 29.6 Å². The molecule has 148 valence electrons. The first-order valence-electron chi connectivity index (χ1n) is 10.4. The van der Waals surface area contributed by atoms with E-state index in [1.807, 2.05) is 47.4 Å². The highest BCUT2D eigenvalue weighted by molar-refractivity contribution is 6.08. The molecule has 1 spiro atoms. The minimum atomic E-state index is -0.700. The van der Waals surface area contributed by atoms with Crippen LogP contribution in [-0.2, 0) is 26.2 Å². The van der Waals surface area contributed by atoms with E-state index in [1.165, 1.54) is 5.56 Å². The summed E-state index contributed by atoms with van der Waals surface area (Å²) in [5, 5.41) is 3.05. The Kier molecular flexibility index (Phi) is 4.26. The molecule has 2 aromatic carbocycles. The highest BCUT2D eigenvalue weighted by atomic mass is 16.2. The predicted octanol–water partition coefficient (Wildman–Crippen LogP) is 3.09. The number of carbonyl (C=O) groups is 3. The van der Waals surface area contributed by atoms with Gasteiger partial charge in [-0.25, -0.2) is 0 Å². The van der Waals surface area contributed by atoms with Gasteiger partial charge in [0.2, 0.25) is 11.8 Å². The second kappa shape index (κ2) is 6.83. The molecule has 2 aromatic rings. The summed E-state index contributed by atoms with van der Waals surface area (Å²) in [6.45, 7) is 0.560. The van der Waals surface area contributed by atoms with Crippen LogP contribution in [-0.4, -0.2) is 35.1 Å². The van der Waals surface area contributed by atoms with Crippen molar-refractivity contribution >= 4 is 23.3 Å². The van der Waals surface area contributed by atoms with E-state index in [0.29, 0.717) is 25.8 Å². The molecular weight excluding hydrogens is 364 g/mol. The molecule has 0 bridgehead atoms. The number of nitrogens with one attached hydrogen (secondary N) is 1. The normalized spacial score (nSPS) is 25.8. The van der Waals surface area contributed by atoms with Crippen LogP contribution in [0.1, 0.15) is 36.8 Å². The number of anilines is 1. The minimum Gasteiger partial charge on any atom is -0.338 e. The molecule has 0 radical (unpaired) electrons. The molecule has 1 N–H and O–H groups in total. The van der Waals surface area contributed by atoms with E-state index in [9.17, 15) is 14.4 Å². The van der Waals surface area contributed by atoms with Crippen LogP contribution in [0.25, 0.3) is 0 Å². The van der Waals surface area contributed by atoms with Crippen LogP contribution in [0.5, 0.6) is 0 Å². The van der Waals surface area contributed by atoms with Crippen LogP contribution < -0.4 is 5.32 Å². The van der Waals surface area contributed by atoms with Gasteiger partial charge in [-0.2, -0.15) is 0 Å². The van der Waals surface area contributed by atoms with Gasteiger partial charge in [0.15, 0.2) is 0 Å². The third-order valence-electron chi connectivity index (χ3n) is 6.88. The Morgan fingerprint density at radius 2 is 1.76 bits per heavy atom. The highest BCUT2D eigenvalue weighted by Gasteiger charge is 2.59. The molecule has 29 heavy (non-hydrogen) atoms. The van der Waals surface area contributed by atoms with Crippen molar-refractivity contribution in [2.45, 2.75) is 43.6 Å². The number of fused-ring (bicyclic) bond motifs is 2. The van der Waals surface area contributed by atoms with E-state index in [1.54, 1.807) is 0 Å². The fourth-order valence-corrected chi connectivity index (χ4v) is 5.31. The zero-order valence-corrected chi connectivity index (χ0v) is 16.3. The number of Topliss-reactive ketones (excluding diaryl/α,β-unsaturated/α-hetero) is 1. The summed E-state index contributed by atoms with van der Waals surface area (Å²) in [4.78, 5) is 39.8. The Hall–Kier alpha value is -2.95. The third kappa shape index (κ3) is 2.79. The maximum atomic E-state index is 13.2. The molecule has 5 nitrogen and oxygen atoms in total. The number of para-hydroxylation sites is 1. The van der Waals surface area contributed by atoms with Gasteiger partial charge >= 0.3 is 0 Å². The largest absolute Gasteiger partial charge is 0.338 e. The zero-order chi connectivity index (χ0) is 20.0. The molecule has 0 unspecified atom stereocenters. The summed E-state index contributed by atoms with van der Waals surface area (Å²) >= 11 is 0. The molecule has 0 aromatic heterocycles. The molecule has 2 atom stereocenters. The lowest BCUT2D eigenvalue weighted by Gasteiger charge is -2.37. The van der Waals surface area contributed by atoms with Gasteiger partial charge in [-0.1, -0.05) is 48.5 Å². The van der Waals surface area contributed by atoms with Crippen LogP contribution in [0.3, 0.4) is 0 Å². The molecule has 1 saturated carbocycles. The molecule has 2 amide bonds. The van der Waals surface area contributed by atoms with Gasteiger partial charge in [0.25, 0.3) is 0 Å². The number of carbonyl (C=O) groups excluding carboxylic acids is 3. The quantitative estimate of drug-likeness (QED) is 0.875. The van der Waals surface area contributed by atoms with Crippen molar-refractivity contribution in [3.8, 4) is 0 Å². The minimum absolute atomic E-state index is 0.00301. The van der Waals surface area contributed by atoms with Crippen LogP contribution >= 0.6 is 0 Å². The smallest absolute Gasteiger partial charge is 0.237 e. The number of benzene rings is 2. The molecule has 3 aliphatic rings. The van der Waals surface area contributed by atoms with Gasteiger partial charge in [-0.3, -0.25) is 14.4 Å². The average Bonchev–Trinajstić information content (AvgIpc) is 3.23. The number of ketones is 1. The van der Waals surface area contributed by atoms with Crippen molar-refractivity contribution in [2.75, 3.05) is 11.9 Å². The number of rotatable bonds is 4. The topological polar surface area (TPSA) is 66.5 Å². The van der Waals surface area contributed by atoms with Crippen LogP contribution in [0, 0.1) is 5.92 Å². The van der Waals surface area contributed by atoms with Crippen LogP contribution in [0.4, 0.5) is 5.69 Å². The molecule has 1 saturated heterocycles. The van der Waals surface area contributed by atoms with E-state index >= 15 is 0 Å². The van der Waals surface area contributed by atoms with E-state index < -0.39 is 5.41 Å². The number of hydrogen-bond acceptors (Lipinski definition) is 3. The monoisotopic (exact) mass is 388 g/mol. The van der Waals surface area contributed by atoms with Gasteiger partial charge < -0.3 is 10.2 Å². The molecule has 5 rings (SSSR count). The number of hydrogen-bond donors (Lipinski definition) is 1. The highest BCUT2D eigenvalue weighted by Crippen LogP contribution is 2.50. The van der Waals surface area contributed by atoms with Crippen LogP contribution in [0.15, 0.2) is 54.6 Å². The van der Waals surface area contributed by atoms with Crippen molar-refractivity contribution in [1.82, 2.24) is 4.90 Å². The van der Waals surface area contributed by atoms with Gasteiger partial charge in [-0.05, 0) is 36.5 Å². The second-order valence-corrected chi connectivity index (χ2v) is 8.44. The first kappa shape index (κ1) is 18.1. The molecular formula is C24H24N2O3. The Morgan fingerprint density at radius 3 is 2.52 bits per heavy atom. The Balaban J connectivity index is 1.50. The molecule has 1 aliphatic carbocycles. The number of likely N-dealkylation sites (tertiary alicyclic amines) is 1. The summed E-state index contributed by atoms with van der Waals surface area (Å²) < 4.78 is 0. The van der Waals surface area contributed by atoms with Crippen LogP contribution in [0.2, 0.25) is 0 Å². The molecule has 2 aliphatic heterocycles. The third-order valence-corrected chi connectivity index (χ3v) is 6.88. The fraction of sp³-hybridized carbons (Fsp3) is 0.375. The van der Waals surface area contributed by atoms with E-state index in [0.717, 1.165) is 24.1 Å². The summed E-state index contributed by atoms with van der Waals surface area (Å²) in [6, 6.07) is 17.8. The Labute approximate surface area is 170 Å². The fourth-order valence-electron chi connectivity index (χ4n) is 5.31. The van der Waals surface area contributed by atoms with Crippen molar-refractivity contribution in [1.29, 1.82) is 0 Å². The summed E-state index contributed by atoms with van der Waals surface area (Å²) in [5.41, 5.74) is 2.36. The Bertz CT molecular complexity index is 979. The maximum absolute atomic E-state index is 13.2. The number of aryl methyl sites for hydroxylation is 1.